The van der Waals surface area contributed by atoms with E-state index in [1.807, 2.05) is 22.8 Å². The van der Waals surface area contributed by atoms with E-state index >= 15 is 0 Å². The highest BCUT2D eigenvalue weighted by molar-refractivity contribution is 5.81. The monoisotopic (exact) mass is 219 g/mol. The van der Waals surface area contributed by atoms with E-state index in [0.29, 0.717) is 11.8 Å². The Morgan fingerprint density at radius 2 is 2.31 bits per heavy atom. The molecule has 1 aliphatic heterocycles. The molecular formula is C12H17N3O. The fourth-order valence-corrected chi connectivity index (χ4v) is 2.46. The van der Waals surface area contributed by atoms with Crippen molar-refractivity contribution in [2.24, 2.45) is 13.0 Å². The number of hydrogen-bond donors (Lipinski definition) is 0. The predicted molar refractivity (Wildman–Crippen MR) is 59.7 cm³/mol. The van der Waals surface area contributed by atoms with Crippen molar-refractivity contribution < 1.29 is 4.79 Å². The highest BCUT2D eigenvalue weighted by Crippen LogP contribution is 2.32. The molecule has 1 saturated carbocycles. The summed E-state index contributed by atoms with van der Waals surface area (Å²) < 4.78 is 1.94. The first-order valence-corrected chi connectivity index (χ1v) is 6.04. The van der Waals surface area contributed by atoms with E-state index in [9.17, 15) is 4.79 Å². The summed E-state index contributed by atoms with van der Waals surface area (Å²) in [6, 6.07) is 0. The molecule has 0 saturated heterocycles. The molecule has 4 heteroatoms. The zero-order valence-electron chi connectivity index (χ0n) is 9.65. The van der Waals surface area contributed by atoms with Crippen molar-refractivity contribution in [1.82, 2.24) is 14.7 Å². The van der Waals surface area contributed by atoms with Gasteiger partial charge in [-0.2, -0.15) is 5.10 Å². The van der Waals surface area contributed by atoms with Gasteiger partial charge < -0.3 is 4.90 Å². The van der Waals surface area contributed by atoms with E-state index in [1.165, 1.54) is 11.3 Å². The van der Waals surface area contributed by atoms with E-state index in [1.54, 1.807) is 0 Å². The molecule has 2 heterocycles. The molecule has 4 nitrogen and oxygen atoms in total. The molecule has 1 aliphatic carbocycles. The Hall–Kier alpha value is -1.32. The van der Waals surface area contributed by atoms with E-state index in [4.69, 9.17) is 0 Å². The summed E-state index contributed by atoms with van der Waals surface area (Å²) in [5, 5.41) is 4.27. The third-order valence-electron chi connectivity index (χ3n) is 3.59. The molecule has 16 heavy (non-hydrogen) atoms. The maximum absolute atomic E-state index is 12.0. The Labute approximate surface area is 95.2 Å². The highest BCUT2D eigenvalue weighted by atomic mass is 16.2. The molecule has 1 fully saturated rings. The second kappa shape index (κ2) is 3.61. The lowest BCUT2D eigenvalue weighted by atomic mass is 10.2. The predicted octanol–water partition coefficient (Wildman–Crippen LogP) is 1.10. The normalized spacial score (nSPS) is 20.4. The summed E-state index contributed by atoms with van der Waals surface area (Å²) in [7, 11) is 1.98. The lowest BCUT2D eigenvalue weighted by Crippen LogP contribution is -2.31. The summed E-state index contributed by atoms with van der Waals surface area (Å²) in [6.45, 7) is 1.67. The number of amides is 1. The molecule has 2 aliphatic rings. The molecule has 3 rings (SSSR count). The van der Waals surface area contributed by atoms with Gasteiger partial charge in [0, 0.05) is 37.3 Å². The first-order valence-electron chi connectivity index (χ1n) is 6.04. The van der Waals surface area contributed by atoms with Crippen molar-refractivity contribution in [3.8, 4) is 0 Å². The molecule has 0 unspecified atom stereocenters. The van der Waals surface area contributed by atoms with Crippen molar-refractivity contribution in [2.75, 3.05) is 6.54 Å². The minimum absolute atomic E-state index is 0.332. The Morgan fingerprint density at radius 1 is 1.50 bits per heavy atom. The number of hydrogen-bond acceptors (Lipinski definition) is 2. The topological polar surface area (TPSA) is 38.1 Å². The van der Waals surface area contributed by atoms with Crippen LogP contribution in [-0.4, -0.2) is 27.1 Å². The molecule has 86 valence electrons. The number of rotatable bonds is 1. The van der Waals surface area contributed by atoms with Crippen LogP contribution in [0.3, 0.4) is 0 Å². The first-order chi connectivity index (χ1) is 7.75. The van der Waals surface area contributed by atoms with Gasteiger partial charge in [-0.15, -0.1) is 0 Å². The maximum atomic E-state index is 12.0. The van der Waals surface area contributed by atoms with Gasteiger partial charge in [0.2, 0.25) is 5.91 Å². The second-order valence-electron chi connectivity index (χ2n) is 4.88. The van der Waals surface area contributed by atoms with Gasteiger partial charge in [-0.05, 0) is 25.7 Å². The fraction of sp³-hybridized carbons (Fsp3) is 0.667. The minimum atomic E-state index is 0.332. The molecule has 1 amide bonds. The summed E-state index contributed by atoms with van der Waals surface area (Å²) in [5.41, 5.74) is 2.53. The molecule has 1 aromatic rings. The van der Waals surface area contributed by atoms with Crippen LogP contribution in [0.1, 0.15) is 30.5 Å². The lowest BCUT2D eigenvalue weighted by Gasteiger charge is -2.19. The number of carbonyl (C=O) groups excluding carboxylic acids is 1. The van der Waals surface area contributed by atoms with Crippen molar-refractivity contribution in [3.63, 3.8) is 0 Å². The Balaban J connectivity index is 1.82. The van der Waals surface area contributed by atoms with Gasteiger partial charge in [-0.1, -0.05) is 0 Å². The van der Waals surface area contributed by atoms with Crippen LogP contribution in [0.15, 0.2) is 6.20 Å². The minimum Gasteiger partial charge on any atom is -0.338 e. The molecule has 0 N–H and O–H groups in total. The van der Waals surface area contributed by atoms with Gasteiger partial charge >= 0.3 is 0 Å². The molecule has 1 aromatic heterocycles. The van der Waals surface area contributed by atoms with Crippen LogP contribution < -0.4 is 0 Å². The Kier molecular flexibility index (Phi) is 2.23. The third-order valence-corrected chi connectivity index (χ3v) is 3.59. The zero-order chi connectivity index (χ0) is 11.1. The van der Waals surface area contributed by atoms with Gasteiger partial charge in [0.25, 0.3) is 0 Å². The molecule has 0 spiro atoms. The summed E-state index contributed by atoms with van der Waals surface area (Å²) >= 11 is 0. The number of fused-ring (bicyclic) bond motifs is 1. The van der Waals surface area contributed by atoms with Crippen molar-refractivity contribution in [3.05, 3.63) is 17.5 Å². The van der Waals surface area contributed by atoms with Crippen LogP contribution in [0.2, 0.25) is 0 Å². The van der Waals surface area contributed by atoms with Crippen LogP contribution in [-0.2, 0) is 24.8 Å². The second-order valence-corrected chi connectivity index (χ2v) is 4.88. The fourth-order valence-electron chi connectivity index (χ4n) is 2.46. The van der Waals surface area contributed by atoms with Gasteiger partial charge in [-0.3, -0.25) is 9.48 Å². The SMILES string of the molecule is Cn1ncc2c1CCCN(C(=O)C1CC1)C2. The summed E-state index contributed by atoms with van der Waals surface area (Å²) in [4.78, 5) is 14.0. The van der Waals surface area contributed by atoms with Gasteiger partial charge in [0.1, 0.15) is 0 Å². The van der Waals surface area contributed by atoms with Crippen LogP contribution in [0.5, 0.6) is 0 Å². The van der Waals surface area contributed by atoms with Crippen LogP contribution in [0, 0.1) is 5.92 Å². The number of aryl methyl sites for hydroxylation is 1. The quantitative estimate of drug-likeness (QED) is 0.709. The van der Waals surface area contributed by atoms with Gasteiger partial charge in [-0.25, -0.2) is 0 Å². The summed E-state index contributed by atoms with van der Waals surface area (Å²) in [6.07, 6.45) is 6.20. The summed E-state index contributed by atoms with van der Waals surface area (Å²) in [5.74, 6) is 0.690. The van der Waals surface area contributed by atoms with E-state index in [-0.39, 0.29) is 0 Å². The average Bonchev–Trinajstić information content (AvgIpc) is 3.08. The standard InChI is InChI=1S/C12H17N3O/c1-14-11-3-2-6-15(8-10(11)7-13-14)12(16)9-4-5-9/h7,9H,2-6,8H2,1H3. The smallest absolute Gasteiger partial charge is 0.225 e. The van der Waals surface area contributed by atoms with E-state index in [2.05, 4.69) is 5.10 Å². The third kappa shape index (κ3) is 1.62. The Morgan fingerprint density at radius 3 is 3.06 bits per heavy atom. The van der Waals surface area contributed by atoms with Crippen molar-refractivity contribution >= 4 is 5.91 Å². The number of aromatic nitrogens is 2. The van der Waals surface area contributed by atoms with Crippen LogP contribution in [0.4, 0.5) is 0 Å². The average molecular weight is 219 g/mol. The van der Waals surface area contributed by atoms with Crippen molar-refractivity contribution in [2.45, 2.75) is 32.2 Å². The van der Waals surface area contributed by atoms with Crippen LogP contribution >= 0.6 is 0 Å². The molecule has 0 bridgehead atoms. The molecule has 0 aromatic carbocycles. The maximum Gasteiger partial charge on any atom is 0.225 e. The van der Waals surface area contributed by atoms with Gasteiger partial charge in [0.05, 0.1) is 6.20 Å². The zero-order valence-corrected chi connectivity index (χ0v) is 9.65. The Bertz CT molecular complexity index is 420. The molecule has 0 radical (unpaired) electrons. The first kappa shape index (κ1) is 9.87. The van der Waals surface area contributed by atoms with Gasteiger partial charge in [0.15, 0.2) is 0 Å². The van der Waals surface area contributed by atoms with E-state index < -0.39 is 0 Å². The number of carbonyl (C=O) groups is 1. The highest BCUT2D eigenvalue weighted by Gasteiger charge is 2.34. The van der Waals surface area contributed by atoms with E-state index in [0.717, 1.165) is 38.8 Å². The molecular weight excluding hydrogens is 202 g/mol. The van der Waals surface area contributed by atoms with Crippen molar-refractivity contribution in [1.29, 1.82) is 0 Å². The number of nitrogens with zero attached hydrogens (tertiary/aromatic N) is 3. The molecule has 0 atom stereocenters. The largest absolute Gasteiger partial charge is 0.338 e. The van der Waals surface area contributed by atoms with Crippen LogP contribution in [0.25, 0.3) is 0 Å². The lowest BCUT2D eigenvalue weighted by molar-refractivity contribution is -0.133.